The van der Waals surface area contributed by atoms with Crippen molar-refractivity contribution in [3.05, 3.63) is 78.1 Å². The fourth-order valence-electron chi connectivity index (χ4n) is 2.96. The van der Waals surface area contributed by atoms with Crippen molar-refractivity contribution in [2.45, 2.75) is 32.6 Å². The van der Waals surface area contributed by atoms with E-state index in [1.54, 1.807) is 23.0 Å². The van der Waals surface area contributed by atoms with Crippen LogP contribution < -0.4 is 10.6 Å². The van der Waals surface area contributed by atoms with E-state index in [-0.39, 0.29) is 24.8 Å². The van der Waals surface area contributed by atoms with Crippen LogP contribution in [0.3, 0.4) is 0 Å². The fourth-order valence-corrected chi connectivity index (χ4v) is 2.96. The number of benzene rings is 2. The maximum absolute atomic E-state index is 12.1. The van der Waals surface area contributed by atoms with Crippen LogP contribution in [0.5, 0.6) is 0 Å². The maximum atomic E-state index is 12.1. The molecule has 150 valence electrons. The summed E-state index contributed by atoms with van der Waals surface area (Å²) in [6.45, 7) is 2.11. The highest BCUT2D eigenvalue weighted by atomic mass is 16.2. The quantitative estimate of drug-likeness (QED) is 0.587. The highest BCUT2D eigenvalue weighted by Gasteiger charge is 2.07. The van der Waals surface area contributed by atoms with Gasteiger partial charge in [0.15, 0.2) is 0 Å². The second-order valence-corrected chi connectivity index (χ2v) is 6.92. The van der Waals surface area contributed by atoms with Gasteiger partial charge in [-0.05, 0) is 54.3 Å². The van der Waals surface area contributed by atoms with Gasteiger partial charge in [-0.25, -0.2) is 4.68 Å². The SMILES string of the molecule is CCCCc1ccc(CC(=O)NCC(=O)Nc2ccc(-n3cccn3)cc2)cc1. The van der Waals surface area contributed by atoms with Gasteiger partial charge in [-0.2, -0.15) is 5.10 Å². The maximum Gasteiger partial charge on any atom is 0.243 e. The lowest BCUT2D eigenvalue weighted by atomic mass is 10.0. The molecule has 6 heteroatoms. The van der Waals surface area contributed by atoms with Crippen LogP contribution in [0.25, 0.3) is 5.69 Å². The first-order valence-electron chi connectivity index (χ1n) is 9.88. The number of nitrogens with one attached hydrogen (secondary N) is 2. The van der Waals surface area contributed by atoms with E-state index in [0.717, 1.165) is 17.7 Å². The molecule has 3 rings (SSSR count). The summed E-state index contributed by atoms with van der Waals surface area (Å²) in [6.07, 6.45) is 7.22. The molecule has 0 saturated carbocycles. The van der Waals surface area contributed by atoms with Gasteiger partial charge >= 0.3 is 0 Å². The molecule has 29 heavy (non-hydrogen) atoms. The molecule has 0 spiro atoms. The zero-order valence-corrected chi connectivity index (χ0v) is 16.6. The number of amides is 2. The van der Waals surface area contributed by atoms with E-state index in [1.807, 2.05) is 36.5 Å². The second kappa shape index (κ2) is 10.2. The molecule has 0 atom stereocenters. The predicted molar refractivity (Wildman–Crippen MR) is 114 cm³/mol. The smallest absolute Gasteiger partial charge is 0.243 e. The molecule has 0 aliphatic heterocycles. The fraction of sp³-hybridized carbons (Fsp3) is 0.261. The Kier molecular flexibility index (Phi) is 7.16. The van der Waals surface area contributed by atoms with Crippen LogP contribution in [-0.4, -0.2) is 28.1 Å². The Morgan fingerprint density at radius 1 is 0.966 bits per heavy atom. The lowest BCUT2D eigenvalue weighted by molar-refractivity contribution is -0.123. The third-order valence-corrected chi connectivity index (χ3v) is 4.57. The predicted octanol–water partition coefficient (Wildman–Crippen LogP) is 3.51. The molecule has 6 nitrogen and oxygen atoms in total. The first kappa shape index (κ1) is 20.3. The van der Waals surface area contributed by atoms with Crippen molar-refractivity contribution in [3.8, 4) is 5.69 Å². The van der Waals surface area contributed by atoms with Gasteiger partial charge in [0, 0.05) is 18.1 Å². The molecule has 0 aliphatic carbocycles. The summed E-state index contributed by atoms with van der Waals surface area (Å²) in [5, 5.41) is 9.61. The summed E-state index contributed by atoms with van der Waals surface area (Å²) < 4.78 is 1.74. The molecule has 0 aliphatic rings. The van der Waals surface area contributed by atoms with E-state index in [4.69, 9.17) is 0 Å². The molecule has 0 saturated heterocycles. The van der Waals surface area contributed by atoms with Crippen LogP contribution in [0.4, 0.5) is 5.69 Å². The zero-order valence-electron chi connectivity index (χ0n) is 16.6. The topological polar surface area (TPSA) is 76.0 Å². The monoisotopic (exact) mass is 390 g/mol. The molecule has 1 heterocycles. The average Bonchev–Trinajstić information content (AvgIpc) is 3.27. The van der Waals surface area contributed by atoms with E-state index in [1.165, 1.54) is 18.4 Å². The summed E-state index contributed by atoms with van der Waals surface area (Å²) in [5.74, 6) is -0.435. The Morgan fingerprint density at radius 3 is 2.34 bits per heavy atom. The van der Waals surface area contributed by atoms with E-state index in [9.17, 15) is 9.59 Å². The molecular formula is C23H26N4O2. The second-order valence-electron chi connectivity index (χ2n) is 6.92. The number of aromatic nitrogens is 2. The van der Waals surface area contributed by atoms with Crippen molar-refractivity contribution in [2.24, 2.45) is 0 Å². The molecule has 1 aromatic heterocycles. The summed E-state index contributed by atoms with van der Waals surface area (Å²) in [5.41, 5.74) is 3.80. The van der Waals surface area contributed by atoms with Gasteiger partial charge in [0.2, 0.25) is 11.8 Å². The Balaban J connectivity index is 1.42. The van der Waals surface area contributed by atoms with Crippen molar-refractivity contribution >= 4 is 17.5 Å². The van der Waals surface area contributed by atoms with Crippen LogP contribution in [0.15, 0.2) is 67.0 Å². The summed E-state index contributed by atoms with van der Waals surface area (Å²) >= 11 is 0. The van der Waals surface area contributed by atoms with Crippen molar-refractivity contribution in [3.63, 3.8) is 0 Å². The van der Waals surface area contributed by atoms with E-state index < -0.39 is 0 Å². The van der Waals surface area contributed by atoms with Crippen molar-refractivity contribution in [1.82, 2.24) is 15.1 Å². The average molecular weight is 390 g/mol. The van der Waals surface area contributed by atoms with Gasteiger partial charge < -0.3 is 10.6 Å². The largest absolute Gasteiger partial charge is 0.347 e. The highest BCUT2D eigenvalue weighted by molar-refractivity contribution is 5.94. The van der Waals surface area contributed by atoms with Crippen molar-refractivity contribution in [2.75, 3.05) is 11.9 Å². The van der Waals surface area contributed by atoms with Gasteiger partial charge in [0.1, 0.15) is 0 Å². The summed E-state index contributed by atoms with van der Waals surface area (Å²) in [4.78, 5) is 24.2. The Hall–Kier alpha value is -3.41. The van der Waals surface area contributed by atoms with Gasteiger partial charge in [0.25, 0.3) is 0 Å². The number of anilines is 1. The minimum absolute atomic E-state index is 0.0612. The number of nitrogens with zero attached hydrogens (tertiary/aromatic N) is 2. The van der Waals surface area contributed by atoms with Gasteiger partial charge in [-0.1, -0.05) is 37.6 Å². The third-order valence-electron chi connectivity index (χ3n) is 4.57. The molecule has 0 bridgehead atoms. The molecule has 0 unspecified atom stereocenters. The molecule has 0 radical (unpaired) electrons. The molecule has 2 amide bonds. The lowest BCUT2D eigenvalue weighted by Crippen LogP contribution is -2.33. The first-order chi connectivity index (χ1) is 14.1. The normalized spacial score (nSPS) is 10.5. The summed E-state index contributed by atoms with van der Waals surface area (Å²) in [7, 11) is 0. The minimum atomic E-state index is -0.264. The number of unbranched alkanes of at least 4 members (excludes halogenated alkanes) is 1. The Morgan fingerprint density at radius 2 is 1.69 bits per heavy atom. The van der Waals surface area contributed by atoms with E-state index >= 15 is 0 Å². The van der Waals surface area contributed by atoms with Crippen LogP contribution >= 0.6 is 0 Å². The third kappa shape index (κ3) is 6.31. The highest BCUT2D eigenvalue weighted by Crippen LogP contribution is 2.12. The Labute approximate surface area is 170 Å². The minimum Gasteiger partial charge on any atom is -0.347 e. The van der Waals surface area contributed by atoms with Gasteiger partial charge in [0.05, 0.1) is 18.7 Å². The Bertz CT molecular complexity index is 917. The number of hydrogen-bond donors (Lipinski definition) is 2. The lowest BCUT2D eigenvalue weighted by Gasteiger charge is -2.08. The number of aryl methyl sites for hydroxylation is 1. The number of carbonyl (C=O) groups excluding carboxylic acids is 2. The molecule has 2 aromatic carbocycles. The standard InChI is InChI=1S/C23H26N4O2/c1-2-3-5-18-6-8-19(9-7-18)16-22(28)24-17-23(29)26-20-10-12-21(13-11-20)27-15-4-14-25-27/h4,6-15H,2-3,5,16-17H2,1H3,(H,24,28)(H,26,29). The molecule has 3 aromatic rings. The van der Waals surface area contributed by atoms with Gasteiger partial charge in [-0.3, -0.25) is 9.59 Å². The van der Waals surface area contributed by atoms with Crippen molar-refractivity contribution < 1.29 is 9.59 Å². The number of carbonyl (C=O) groups is 2. The van der Waals surface area contributed by atoms with Gasteiger partial charge in [-0.15, -0.1) is 0 Å². The summed E-state index contributed by atoms with van der Waals surface area (Å²) in [6, 6.07) is 17.3. The number of rotatable bonds is 9. The van der Waals surface area contributed by atoms with Crippen LogP contribution in [0.2, 0.25) is 0 Å². The molecular weight excluding hydrogens is 364 g/mol. The van der Waals surface area contributed by atoms with E-state index in [2.05, 4.69) is 34.8 Å². The van der Waals surface area contributed by atoms with E-state index in [0.29, 0.717) is 5.69 Å². The van der Waals surface area contributed by atoms with Crippen LogP contribution in [0, 0.1) is 0 Å². The molecule has 0 fully saturated rings. The molecule has 2 N–H and O–H groups in total. The van der Waals surface area contributed by atoms with Crippen LogP contribution in [-0.2, 0) is 22.4 Å². The number of hydrogen-bond acceptors (Lipinski definition) is 3. The van der Waals surface area contributed by atoms with Crippen LogP contribution in [0.1, 0.15) is 30.9 Å². The van der Waals surface area contributed by atoms with Crippen molar-refractivity contribution in [1.29, 1.82) is 0 Å². The first-order valence-corrected chi connectivity index (χ1v) is 9.88. The zero-order chi connectivity index (χ0) is 20.5.